The fourth-order valence-electron chi connectivity index (χ4n) is 2.18. The first-order chi connectivity index (χ1) is 8.15. The molecule has 2 unspecified atom stereocenters. The van der Waals surface area contributed by atoms with Gasteiger partial charge in [-0.1, -0.05) is 20.3 Å². The first kappa shape index (κ1) is 13.1. The van der Waals surface area contributed by atoms with Crippen molar-refractivity contribution in [3.63, 3.8) is 0 Å². The Morgan fingerprint density at radius 1 is 1.47 bits per heavy atom. The predicted octanol–water partition coefficient (Wildman–Crippen LogP) is 3.87. The molecule has 0 aliphatic heterocycles. The molecule has 3 nitrogen and oxygen atoms in total. The smallest absolute Gasteiger partial charge is 0.202 e. The van der Waals surface area contributed by atoms with Crippen LogP contribution in [0, 0.1) is 5.92 Å². The van der Waals surface area contributed by atoms with Crippen molar-refractivity contribution < 1.29 is 0 Å². The minimum Gasteiger partial charge on any atom is -0.360 e. The maximum atomic E-state index is 6.19. The van der Waals surface area contributed by atoms with Crippen LogP contribution in [0.2, 0.25) is 0 Å². The molecular formula is C12H20ClN3S. The minimum absolute atomic E-state index is 0.371. The summed E-state index contributed by atoms with van der Waals surface area (Å²) in [5.74, 6) is 2.04. The van der Waals surface area contributed by atoms with E-state index in [-0.39, 0.29) is 0 Å². The number of rotatable bonds is 4. The second-order valence-electron chi connectivity index (χ2n) is 5.12. The summed E-state index contributed by atoms with van der Waals surface area (Å²) in [4.78, 5) is 4.48. The number of aromatic nitrogens is 2. The topological polar surface area (TPSA) is 37.8 Å². The summed E-state index contributed by atoms with van der Waals surface area (Å²) in [6, 6.07) is 0. The van der Waals surface area contributed by atoms with Crippen LogP contribution < -0.4 is 5.32 Å². The third-order valence-corrected chi connectivity index (χ3v) is 4.30. The second kappa shape index (κ2) is 6.01. The molecule has 1 N–H and O–H groups in total. The molecule has 1 saturated carbocycles. The Labute approximate surface area is 112 Å². The van der Waals surface area contributed by atoms with Crippen molar-refractivity contribution in [3.05, 3.63) is 5.82 Å². The molecular weight excluding hydrogens is 254 g/mol. The van der Waals surface area contributed by atoms with Crippen LogP contribution in [-0.4, -0.2) is 21.3 Å². The Bertz CT molecular complexity index is 353. The molecule has 5 heteroatoms. The first-order valence-electron chi connectivity index (χ1n) is 6.36. The summed E-state index contributed by atoms with van der Waals surface area (Å²) >= 11 is 7.65. The summed E-state index contributed by atoms with van der Waals surface area (Å²) in [7, 11) is 0. The van der Waals surface area contributed by atoms with Gasteiger partial charge < -0.3 is 5.32 Å². The van der Waals surface area contributed by atoms with Gasteiger partial charge in [0.25, 0.3) is 0 Å². The van der Waals surface area contributed by atoms with E-state index < -0.39 is 0 Å². The monoisotopic (exact) mass is 273 g/mol. The second-order valence-corrected chi connectivity index (χ2v) is 6.49. The molecule has 1 aliphatic rings. The van der Waals surface area contributed by atoms with E-state index in [0.717, 1.165) is 23.9 Å². The normalized spacial score (nSPS) is 25.2. The molecule has 17 heavy (non-hydrogen) atoms. The first-order valence-corrected chi connectivity index (χ1v) is 7.57. The van der Waals surface area contributed by atoms with E-state index in [2.05, 4.69) is 28.5 Å². The third kappa shape index (κ3) is 3.81. The highest BCUT2D eigenvalue weighted by Gasteiger charge is 2.20. The van der Waals surface area contributed by atoms with E-state index in [1.54, 1.807) is 0 Å². The van der Waals surface area contributed by atoms with Crippen molar-refractivity contribution in [1.82, 2.24) is 9.36 Å². The fourth-order valence-corrected chi connectivity index (χ4v) is 3.30. The average Bonchev–Trinajstić information content (AvgIpc) is 2.75. The maximum Gasteiger partial charge on any atom is 0.202 e. The number of hydrogen-bond donors (Lipinski definition) is 1. The van der Waals surface area contributed by atoms with E-state index in [1.807, 2.05) is 0 Å². The van der Waals surface area contributed by atoms with Gasteiger partial charge >= 0.3 is 0 Å². The zero-order valence-electron chi connectivity index (χ0n) is 10.4. The lowest BCUT2D eigenvalue weighted by Gasteiger charge is -2.25. The molecule has 1 heterocycles. The number of hydrogen-bond acceptors (Lipinski definition) is 4. The van der Waals surface area contributed by atoms with Crippen molar-refractivity contribution in [3.8, 4) is 0 Å². The molecule has 0 spiro atoms. The van der Waals surface area contributed by atoms with E-state index in [4.69, 9.17) is 11.6 Å². The van der Waals surface area contributed by atoms with Crippen LogP contribution in [-0.2, 0) is 0 Å². The van der Waals surface area contributed by atoms with Crippen molar-refractivity contribution >= 4 is 28.3 Å². The van der Waals surface area contributed by atoms with E-state index in [0.29, 0.717) is 17.2 Å². The van der Waals surface area contributed by atoms with Crippen LogP contribution in [0.4, 0.5) is 5.13 Å². The summed E-state index contributed by atoms with van der Waals surface area (Å²) in [5.41, 5.74) is 0. The van der Waals surface area contributed by atoms with Crippen molar-refractivity contribution in [1.29, 1.82) is 0 Å². The van der Waals surface area contributed by atoms with Gasteiger partial charge in [-0.25, -0.2) is 4.98 Å². The van der Waals surface area contributed by atoms with Gasteiger partial charge in [-0.05, 0) is 25.2 Å². The van der Waals surface area contributed by atoms with Gasteiger partial charge in [-0.2, -0.15) is 4.37 Å². The molecule has 0 amide bonds. The van der Waals surface area contributed by atoms with Crippen molar-refractivity contribution in [2.24, 2.45) is 5.92 Å². The standard InChI is InChI=1S/C12H20ClN3S/c1-8(2)11-15-12(17-16-11)14-7-9-4-3-5-10(13)6-9/h8-10H,3-7H2,1-2H3,(H,14,15,16). The zero-order valence-corrected chi connectivity index (χ0v) is 12.0. The lowest BCUT2D eigenvalue weighted by Crippen LogP contribution is -2.22. The van der Waals surface area contributed by atoms with Gasteiger partial charge in [0, 0.05) is 29.4 Å². The van der Waals surface area contributed by atoms with Crippen LogP contribution in [0.1, 0.15) is 51.3 Å². The fraction of sp³-hybridized carbons (Fsp3) is 0.833. The van der Waals surface area contributed by atoms with Gasteiger partial charge in [0.2, 0.25) is 5.13 Å². The van der Waals surface area contributed by atoms with E-state index >= 15 is 0 Å². The molecule has 1 aromatic rings. The summed E-state index contributed by atoms with van der Waals surface area (Å²) in [6.45, 7) is 5.21. The molecule has 0 radical (unpaired) electrons. The molecule has 1 aromatic heterocycles. The summed E-state index contributed by atoms with van der Waals surface area (Å²) in [5, 5.41) is 4.72. The quantitative estimate of drug-likeness (QED) is 0.847. The molecule has 1 aliphatic carbocycles. The summed E-state index contributed by atoms with van der Waals surface area (Å²) in [6.07, 6.45) is 4.85. The third-order valence-electron chi connectivity index (χ3n) is 3.22. The molecule has 0 aromatic carbocycles. The number of alkyl halides is 1. The highest BCUT2D eigenvalue weighted by molar-refractivity contribution is 7.09. The predicted molar refractivity (Wildman–Crippen MR) is 74.1 cm³/mol. The van der Waals surface area contributed by atoms with Gasteiger partial charge in [0.15, 0.2) is 0 Å². The maximum absolute atomic E-state index is 6.19. The van der Waals surface area contributed by atoms with Crippen LogP contribution in [0.25, 0.3) is 0 Å². The molecule has 2 atom stereocenters. The Kier molecular flexibility index (Phi) is 4.62. The van der Waals surface area contributed by atoms with Crippen LogP contribution >= 0.6 is 23.1 Å². The van der Waals surface area contributed by atoms with Gasteiger partial charge in [-0.15, -0.1) is 11.6 Å². The van der Waals surface area contributed by atoms with Crippen LogP contribution in [0.3, 0.4) is 0 Å². The molecule has 2 rings (SSSR count). The Balaban J connectivity index is 1.80. The van der Waals surface area contributed by atoms with Gasteiger partial charge in [-0.3, -0.25) is 0 Å². The Morgan fingerprint density at radius 2 is 2.29 bits per heavy atom. The lowest BCUT2D eigenvalue weighted by atomic mass is 9.89. The Hall–Kier alpha value is -0.350. The van der Waals surface area contributed by atoms with E-state index in [1.165, 1.54) is 30.8 Å². The number of halogens is 1. The molecule has 96 valence electrons. The van der Waals surface area contributed by atoms with Crippen LogP contribution in [0.15, 0.2) is 0 Å². The molecule has 0 saturated heterocycles. The molecule has 0 bridgehead atoms. The number of nitrogens with zero attached hydrogens (tertiary/aromatic N) is 2. The summed E-state index contributed by atoms with van der Waals surface area (Å²) < 4.78 is 4.34. The lowest BCUT2D eigenvalue weighted by molar-refractivity contribution is 0.378. The largest absolute Gasteiger partial charge is 0.360 e. The van der Waals surface area contributed by atoms with E-state index in [9.17, 15) is 0 Å². The van der Waals surface area contributed by atoms with Crippen molar-refractivity contribution in [2.45, 2.75) is 50.8 Å². The van der Waals surface area contributed by atoms with Crippen molar-refractivity contribution in [2.75, 3.05) is 11.9 Å². The zero-order chi connectivity index (χ0) is 12.3. The number of anilines is 1. The SMILES string of the molecule is CC(C)c1nsc(NCC2CCCC(Cl)C2)n1. The van der Waals surface area contributed by atoms with Gasteiger partial charge in [0.1, 0.15) is 5.82 Å². The Morgan fingerprint density at radius 3 is 2.94 bits per heavy atom. The highest BCUT2D eigenvalue weighted by atomic mass is 35.5. The molecule has 1 fully saturated rings. The van der Waals surface area contributed by atoms with Gasteiger partial charge in [0.05, 0.1) is 0 Å². The minimum atomic E-state index is 0.371. The number of nitrogens with one attached hydrogen (secondary N) is 1. The van der Waals surface area contributed by atoms with Crippen LogP contribution in [0.5, 0.6) is 0 Å². The highest BCUT2D eigenvalue weighted by Crippen LogP contribution is 2.28. The average molecular weight is 274 g/mol.